The van der Waals surface area contributed by atoms with Gasteiger partial charge in [-0.05, 0) is 24.3 Å². The highest BCUT2D eigenvalue weighted by atomic mass is 32.2. The number of fused-ring (bicyclic) bond motifs is 3. The third-order valence-corrected chi connectivity index (χ3v) is 6.60. The van der Waals surface area contributed by atoms with Crippen LogP contribution in [0.3, 0.4) is 0 Å². The molecule has 28 heavy (non-hydrogen) atoms. The quantitative estimate of drug-likeness (QED) is 0.499. The Morgan fingerprint density at radius 2 is 1.64 bits per heavy atom. The predicted octanol–water partition coefficient (Wildman–Crippen LogP) is 3.10. The van der Waals surface area contributed by atoms with Crippen LogP contribution in [0.15, 0.2) is 48.5 Å². The third-order valence-electron chi connectivity index (χ3n) is 5.30. The predicted molar refractivity (Wildman–Crippen MR) is 108 cm³/mol. The minimum atomic E-state index is -3.20. The van der Waals surface area contributed by atoms with Crippen molar-refractivity contribution in [3.63, 3.8) is 0 Å². The van der Waals surface area contributed by atoms with Gasteiger partial charge in [0.1, 0.15) is 6.61 Å². The molecular formula is C21H22N2O4S. The molecule has 3 aromatic rings. The molecule has 0 bridgehead atoms. The summed E-state index contributed by atoms with van der Waals surface area (Å²) in [6.07, 6.45) is 2.16. The van der Waals surface area contributed by atoms with E-state index < -0.39 is 10.0 Å². The molecule has 2 heterocycles. The van der Waals surface area contributed by atoms with E-state index >= 15 is 0 Å². The van der Waals surface area contributed by atoms with E-state index in [1.165, 1.54) is 10.6 Å². The van der Waals surface area contributed by atoms with Gasteiger partial charge in [0.25, 0.3) is 0 Å². The van der Waals surface area contributed by atoms with Crippen LogP contribution >= 0.6 is 0 Å². The molecule has 0 saturated carbocycles. The fourth-order valence-corrected chi connectivity index (χ4v) is 4.64. The number of rotatable bonds is 4. The lowest BCUT2D eigenvalue weighted by molar-refractivity contribution is -0.151. The summed E-state index contributed by atoms with van der Waals surface area (Å²) < 4.78 is 30.2. The highest BCUT2D eigenvalue weighted by Gasteiger charge is 2.30. The van der Waals surface area contributed by atoms with Gasteiger partial charge in [-0.1, -0.05) is 42.5 Å². The summed E-state index contributed by atoms with van der Waals surface area (Å²) in [6, 6.07) is 15.9. The number of pyridine rings is 1. The number of carbonyl (C=O) groups excluding carboxylic acids is 1. The molecule has 146 valence electrons. The lowest BCUT2D eigenvalue weighted by Crippen LogP contribution is -2.40. The van der Waals surface area contributed by atoms with Gasteiger partial charge in [0.15, 0.2) is 0 Å². The topological polar surface area (TPSA) is 76.6 Å². The summed E-state index contributed by atoms with van der Waals surface area (Å²) >= 11 is 0. The first-order chi connectivity index (χ1) is 13.4. The molecule has 0 atom stereocenters. The molecule has 4 rings (SSSR count). The number of sulfonamides is 1. The Bertz CT molecular complexity index is 1140. The number of hydrogen-bond donors (Lipinski definition) is 0. The van der Waals surface area contributed by atoms with Crippen molar-refractivity contribution < 1.29 is 17.9 Å². The zero-order valence-electron chi connectivity index (χ0n) is 15.7. The van der Waals surface area contributed by atoms with E-state index in [2.05, 4.69) is 0 Å². The summed E-state index contributed by atoms with van der Waals surface area (Å²) in [4.78, 5) is 17.2. The number of benzene rings is 2. The largest absolute Gasteiger partial charge is 0.459 e. The molecule has 6 nitrogen and oxygen atoms in total. The SMILES string of the molecule is CS(=O)(=O)N1CCC(C(=O)OCc2nc3ccccc3c3ccccc23)CC1. The van der Waals surface area contributed by atoms with Gasteiger partial charge in [-0.25, -0.2) is 17.7 Å². The molecule has 7 heteroatoms. The van der Waals surface area contributed by atoms with E-state index in [-0.39, 0.29) is 18.5 Å². The number of esters is 1. The van der Waals surface area contributed by atoms with Crippen molar-refractivity contribution in [3.8, 4) is 0 Å². The zero-order valence-corrected chi connectivity index (χ0v) is 16.5. The number of ether oxygens (including phenoxy) is 1. The van der Waals surface area contributed by atoms with Crippen molar-refractivity contribution in [2.75, 3.05) is 19.3 Å². The van der Waals surface area contributed by atoms with Crippen molar-refractivity contribution in [2.24, 2.45) is 5.92 Å². The molecule has 1 aliphatic heterocycles. The highest BCUT2D eigenvalue weighted by molar-refractivity contribution is 7.88. The van der Waals surface area contributed by atoms with Crippen LogP contribution < -0.4 is 0 Å². The van der Waals surface area contributed by atoms with Crippen molar-refractivity contribution in [1.29, 1.82) is 0 Å². The number of hydrogen-bond acceptors (Lipinski definition) is 5. The van der Waals surface area contributed by atoms with Crippen molar-refractivity contribution in [3.05, 3.63) is 54.2 Å². The van der Waals surface area contributed by atoms with E-state index in [1.54, 1.807) is 0 Å². The third kappa shape index (κ3) is 3.72. The van der Waals surface area contributed by atoms with Gasteiger partial charge in [-0.2, -0.15) is 0 Å². The van der Waals surface area contributed by atoms with Crippen LogP contribution in [-0.4, -0.2) is 43.0 Å². The molecule has 0 radical (unpaired) electrons. The van der Waals surface area contributed by atoms with E-state index in [4.69, 9.17) is 9.72 Å². The first-order valence-corrected chi connectivity index (χ1v) is 11.2. The number of nitrogens with zero attached hydrogens (tertiary/aromatic N) is 2. The average Bonchev–Trinajstić information content (AvgIpc) is 2.71. The van der Waals surface area contributed by atoms with Gasteiger partial charge >= 0.3 is 5.97 Å². The number of carbonyl (C=O) groups is 1. The molecule has 1 aromatic heterocycles. The van der Waals surface area contributed by atoms with Crippen LogP contribution in [0.25, 0.3) is 21.7 Å². The van der Waals surface area contributed by atoms with E-state index in [0.717, 1.165) is 27.4 Å². The lowest BCUT2D eigenvalue weighted by atomic mass is 9.98. The maximum Gasteiger partial charge on any atom is 0.309 e. The number of aromatic nitrogens is 1. The number of piperidine rings is 1. The minimum absolute atomic E-state index is 0.108. The Kier molecular flexibility index (Phi) is 5.03. The first-order valence-electron chi connectivity index (χ1n) is 9.31. The second-order valence-electron chi connectivity index (χ2n) is 7.17. The Hall–Kier alpha value is -2.51. The van der Waals surface area contributed by atoms with Crippen molar-refractivity contribution in [2.45, 2.75) is 19.4 Å². The Morgan fingerprint density at radius 1 is 1.04 bits per heavy atom. The van der Waals surface area contributed by atoms with E-state index in [9.17, 15) is 13.2 Å². The van der Waals surface area contributed by atoms with E-state index in [0.29, 0.717) is 25.9 Å². The highest BCUT2D eigenvalue weighted by Crippen LogP contribution is 2.27. The molecule has 1 saturated heterocycles. The second-order valence-corrected chi connectivity index (χ2v) is 9.15. The Labute approximate surface area is 164 Å². The van der Waals surface area contributed by atoms with E-state index in [1.807, 2.05) is 48.5 Å². The van der Waals surface area contributed by atoms with Crippen LogP contribution in [0.1, 0.15) is 18.5 Å². The number of para-hydroxylation sites is 1. The maximum atomic E-state index is 12.5. The molecule has 0 aliphatic carbocycles. The normalized spacial score (nSPS) is 16.5. The van der Waals surface area contributed by atoms with Gasteiger partial charge in [0, 0.05) is 23.9 Å². The van der Waals surface area contributed by atoms with Crippen molar-refractivity contribution in [1.82, 2.24) is 9.29 Å². The van der Waals surface area contributed by atoms with Gasteiger partial charge in [-0.3, -0.25) is 4.79 Å². The van der Waals surface area contributed by atoms with Crippen LogP contribution in [0.2, 0.25) is 0 Å². The first kappa shape index (κ1) is 18.8. The summed E-state index contributed by atoms with van der Waals surface area (Å²) in [6.45, 7) is 0.821. The van der Waals surface area contributed by atoms with Gasteiger partial charge < -0.3 is 4.74 Å². The van der Waals surface area contributed by atoms with Crippen LogP contribution in [0, 0.1) is 5.92 Å². The summed E-state index contributed by atoms with van der Waals surface area (Å²) in [7, 11) is -3.20. The van der Waals surface area contributed by atoms with Gasteiger partial charge in [-0.15, -0.1) is 0 Å². The molecule has 0 unspecified atom stereocenters. The van der Waals surface area contributed by atoms with Crippen LogP contribution in [0.4, 0.5) is 0 Å². The molecule has 2 aromatic carbocycles. The fraction of sp³-hybridized carbons (Fsp3) is 0.333. The fourth-order valence-electron chi connectivity index (χ4n) is 3.76. The lowest BCUT2D eigenvalue weighted by Gasteiger charge is -2.28. The maximum absolute atomic E-state index is 12.5. The molecule has 1 fully saturated rings. The average molecular weight is 398 g/mol. The Morgan fingerprint density at radius 3 is 2.32 bits per heavy atom. The van der Waals surface area contributed by atoms with Gasteiger partial charge in [0.05, 0.1) is 23.4 Å². The smallest absolute Gasteiger partial charge is 0.309 e. The molecule has 0 N–H and O–H groups in total. The summed E-state index contributed by atoms with van der Waals surface area (Å²) in [5.74, 6) is -0.558. The molecule has 0 amide bonds. The van der Waals surface area contributed by atoms with Crippen molar-refractivity contribution >= 4 is 37.7 Å². The second kappa shape index (κ2) is 7.48. The van der Waals surface area contributed by atoms with Crippen LogP contribution in [-0.2, 0) is 26.2 Å². The van der Waals surface area contributed by atoms with Crippen LogP contribution in [0.5, 0.6) is 0 Å². The summed E-state index contributed by atoms with van der Waals surface area (Å²) in [5.41, 5.74) is 1.60. The monoisotopic (exact) mass is 398 g/mol. The standard InChI is InChI=1S/C21H22N2O4S/c1-28(25,26)23-12-10-15(11-13-23)21(24)27-14-20-18-8-3-2-6-16(18)17-7-4-5-9-19(17)22-20/h2-9,15H,10-14H2,1H3. The Balaban J connectivity index is 1.50. The molecule has 1 aliphatic rings. The van der Waals surface area contributed by atoms with Gasteiger partial charge in [0.2, 0.25) is 10.0 Å². The molecular weight excluding hydrogens is 376 g/mol. The minimum Gasteiger partial charge on any atom is -0.459 e. The summed E-state index contributed by atoms with van der Waals surface area (Å²) in [5, 5.41) is 3.13. The zero-order chi connectivity index (χ0) is 19.7. The molecule has 0 spiro atoms.